The Labute approximate surface area is 218 Å². The zero-order valence-corrected chi connectivity index (χ0v) is 21.7. The van der Waals surface area contributed by atoms with Crippen molar-refractivity contribution in [3.8, 4) is 11.8 Å². The molecule has 188 valence electrons. The van der Waals surface area contributed by atoms with Gasteiger partial charge in [0.25, 0.3) is 11.4 Å². The number of thioether (sulfide) groups is 1. The Balaban J connectivity index is 1.74. The zero-order chi connectivity index (χ0) is 26.8. The first-order valence-electron chi connectivity index (χ1n) is 10.5. The minimum Gasteiger partial charge on any atom is -0.486 e. The van der Waals surface area contributed by atoms with Gasteiger partial charge in [0.1, 0.15) is 17.5 Å². The number of carbonyl (C=O) groups excluding carboxylic acids is 2. The lowest BCUT2D eigenvalue weighted by Gasteiger charge is -2.41. The Kier molecular flexibility index (Phi) is 8.00. The number of nitriles is 1. The van der Waals surface area contributed by atoms with Crippen LogP contribution >= 0.6 is 27.7 Å². The highest BCUT2D eigenvalue weighted by atomic mass is 79.9. The molecule has 11 nitrogen and oxygen atoms in total. The molecule has 0 amide bonds. The van der Waals surface area contributed by atoms with E-state index in [-0.39, 0.29) is 11.3 Å². The van der Waals surface area contributed by atoms with Crippen LogP contribution < -0.4 is 4.74 Å². The van der Waals surface area contributed by atoms with Gasteiger partial charge in [-0.2, -0.15) is 5.26 Å². The van der Waals surface area contributed by atoms with Crippen molar-refractivity contribution < 1.29 is 28.9 Å². The van der Waals surface area contributed by atoms with Crippen LogP contribution in [0.2, 0.25) is 0 Å². The van der Waals surface area contributed by atoms with E-state index in [1.165, 1.54) is 0 Å². The first-order valence-corrected chi connectivity index (χ1v) is 12.4. The van der Waals surface area contributed by atoms with Crippen molar-refractivity contribution in [3.63, 3.8) is 0 Å². The van der Waals surface area contributed by atoms with Gasteiger partial charge in [0.2, 0.25) is 5.12 Å². The number of non-ortho nitro benzene ring substituents is 2. The Morgan fingerprint density at radius 2 is 1.81 bits per heavy atom. The number of benzene rings is 2. The van der Waals surface area contributed by atoms with Crippen molar-refractivity contribution in [2.45, 2.75) is 37.3 Å². The predicted molar refractivity (Wildman–Crippen MR) is 133 cm³/mol. The average molecular weight is 578 g/mol. The topological polar surface area (TPSA) is 163 Å². The van der Waals surface area contributed by atoms with Crippen molar-refractivity contribution in [1.29, 1.82) is 5.26 Å². The second kappa shape index (κ2) is 10.6. The van der Waals surface area contributed by atoms with Crippen LogP contribution in [0.15, 0.2) is 36.4 Å². The second-order valence-electron chi connectivity index (χ2n) is 8.58. The minimum atomic E-state index is -0.823. The summed E-state index contributed by atoms with van der Waals surface area (Å²) in [5.74, 6) is -0.919. The molecular weight excluding hydrogens is 558 g/mol. The van der Waals surface area contributed by atoms with Crippen molar-refractivity contribution in [2.24, 2.45) is 5.92 Å². The van der Waals surface area contributed by atoms with Crippen LogP contribution in [0.25, 0.3) is 0 Å². The molecule has 0 bridgehead atoms. The van der Waals surface area contributed by atoms with Gasteiger partial charge in [-0.3, -0.25) is 29.8 Å². The summed E-state index contributed by atoms with van der Waals surface area (Å²) in [5.41, 5.74) is -1.22. The van der Waals surface area contributed by atoms with E-state index >= 15 is 0 Å². The van der Waals surface area contributed by atoms with Crippen LogP contribution in [0.5, 0.6) is 5.75 Å². The van der Waals surface area contributed by atoms with Gasteiger partial charge in [0.15, 0.2) is 0 Å². The maximum atomic E-state index is 12.9. The van der Waals surface area contributed by atoms with Crippen molar-refractivity contribution in [1.82, 2.24) is 0 Å². The van der Waals surface area contributed by atoms with Gasteiger partial charge >= 0.3 is 5.97 Å². The predicted octanol–water partition coefficient (Wildman–Crippen LogP) is 5.10. The van der Waals surface area contributed by atoms with Crippen LogP contribution in [0.4, 0.5) is 11.4 Å². The molecule has 0 aliphatic carbocycles. The first kappa shape index (κ1) is 27.1. The van der Waals surface area contributed by atoms with Crippen molar-refractivity contribution >= 4 is 50.2 Å². The highest BCUT2D eigenvalue weighted by molar-refractivity contribution is 9.09. The molecule has 3 atom stereocenters. The molecule has 36 heavy (non-hydrogen) atoms. The number of hydrogen-bond acceptors (Lipinski definition) is 10. The molecule has 13 heteroatoms. The summed E-state index contributed by atoms with van der Waals surface area (Å²) >= 11 is 4.24. The van der Waals surface area contributed by atoms with E-state index in [9.17, 15) is 35.1 Å². The lowest BCUT2D eigenvalue weighted by Crippen LogP contribution is -2.47. The molecule has 1 heterocycles. The molecule has 0 spiro atoms. The number of alkyl halides is 1. The largest absolute Gasteiger partial charge is 0.486 e. The number of fused-ring (bicyclic) bond motifs is 1. The molecule has 0 aromatic heterocycles. The van der Waals surface area contributed by atoms with E-state index in [1.807, 2.05) is 19.9 Å². The summed E-state index contributed by atoms with van der Waals surface area (Å²) in [7, 11) is 0. The van der Waals surface area contributed by atoms with E-state index in [1.54, 1.807) is 25.1 Å². The molecule has 0 fully saturated rings. The van der Waals surface area contributed by atoms with E-state index in [0.717, 1.165) is 18.2 Å². The molecule has 1 aliphatic rings. The number of hydrogen-bond donors (Lipinski definition) is 0. The van der Waals surface area contributed by atoms with Crippen LogP contribution in [0.1, 0.15) is 48.4 Å². The van der Waals surface area contributed by atoms with Gasteiger partial charge in [-0.05, 0) is 32.0 Å². The lowest BCUT2D eigenvalue weighted by atomic mass is 9.90. The summed E-state index contributed by atoms with van der Waals surface area (Å²) in [4.78, 5) is 45.6. The van der Waals surface area contributed by atoms with Crippen LogP contribution in [0.3, 0.4) is 0 Å². The van der Waals surface area contributed by atoms with Gasteiger partial charge in [0.05, 0.1) is 38.3 Å². The number of nitrogens with zero attached hydrogens (tertiary/aromatic N) is 3. The average Bonchev–Trinajstić information content (AvgIpc) is 2.84. The van der Waals surface area contributed by atoms with Crippen LogP contribution in [-0.4, -0.2) is 37.1 Å². The molecule has 0 N–H and O–H groups in total. The van der Waals surface area contributed by atoms with E-state index in [0.29, 0.717) is 28.6 Å². The fraction of sp³-hybridized carbons (Fsp3) is 0.348. The maximum Gasteiger partial charge on any atom is 0.310 e. The Morgan fingerprint density at radius 1 is 1.19 bits per heavy atom. The number of nitro groups is 2. The highest BCUT2D eigenvalue weighted by Crippen LogP contribution is 2.45. The van der Waals surface area contributed by atoms with Gasteiger partial charge < -0.3 is 9.47 Å². The van der Waals surface area contributed by atoms with Crippen molar-refractivity contribution in [2.75, 3.05) is 5.75 Å². The second-order valence-corrected chi connectivity index (χ2v) is 10.6. The number of esters is 1. The zero-order valence-electron chi connectivity index (χ0n) is 19.3. The molecule has 3 rings (SSSR count). The minimum absolute atomic E-state index is 0.0290. The summed E-state index contributed by atoms with van der Waals surface area (Å²) in [5, 5.41) is 30.7. The monoisotopic (exact) mass is 577 g/mol. The molecule has 2 aromatic rings. The first-order chi connectivity index (χ1) is 16.8. The quantitative estimate of drug-likeness (QED) is 0.187. The molecule has 2 aromatic carbocycles. The SMILES string of the molecule is C[C@H](CSC(=O)c1cc([N+](=O)[O-])cc([N+](=O)[O-])c1)C(=O)O[C@H]1c2cc(C#N)ccc2OC(C)(C)[C@@H]1Br. The fourth-order valence-electron chi connectivity index (χ4n) is 3.44. The molecule has 0 radical (unpaired) electrons. The standard InChI is InChI=1S/C23H20BrN3O8S/c1-12(11-36-22(29)14-7-15(26(30)31)9-16(8-14)27(32)33)21(28)34-19-17-6-13(10-25)4-5-18(17)35-23(2,3)20(19)24/h4-9,12,19-20H,11H2,1-3H3/t12-,19+,20-/m1/s1. The number of ether oxygens (including phenoxy) is 2. The summed E-state index contributed by atoms with van der Waals surface area (Å²) in [6, 6.07) is 9.56. The van der Waals surface area contributed by atoms with Gasteiger partial charge in [0, 0.05) is 29.0 Å². The van der Waals surface area contributed by atoms with Crippen molar-refractivity contribution in [3.05, 3.63) is 73.3 Å². The number of nitro benzene ring substituents is 2. The molecule has 0 unspecified atom stereocenters. The van der Waals surface area contributed by atoms with Gasteiger partial charge in [-0.25, -0.2) is 0 Å². The summed E-state index contributed by atoms with van der Waals surface area (Å²) in [6.45, 7) is 5.20. The normalized spacial score (nSPS) is 18.6. The highest BCUT2D eigenvalue weighted by Gasteiger charge is 2.45. The molecule has 0 saturated heterocycles. The molecule has 1 aliphatic heterocycles. The number of carbonyl (C=O) groups is 2. The van der Waals surface area contributed by atoms with E-state index in [4.69, 9.17) is 9.47 Å². The third-order valence-corrected chi connectivity index (χ3v) is 8.17. The van der Waals surface area contributed by atoms with Gasteiger partial charge in [-0.15, -0.1) is 0 Å². The molecular formula is C23H20BrN3O8S. The Hall–Kier alpha value is -3.50. The van der Waals surface area contributed by atoms with Crippen LogP contribution in [-0.2, 0) is 9.53 Å². The van der Waals surface area contributed by atoms with E-state index < -0.39 is 54.8 Å². The number of halogens is 1. The molecule has 0 saturated carbocycles. The smallest absolute Gasteiger partial charge is 0.310 e. The third-order valence-electron chi connectivity index (χ3n) is 5.42. The number of rotatable bonds is 7. The fourth-order valence-corrected chi connectivity index (χ4v) is 4.74. The Morgan fingerprint density at radius 3 is 2.36 bits per heavy atom. The Bertz CT molecular complexity index is 1260. The third kappa shape index (κ3) is 5.83. The van der Waals surface area contributed by atoms with Gasteiger partial charge in [-0.1, -0.05) is 34.6 Å². The van der Waals surface area contributed by atoms with E-state index in [2.05, 4.69) is 15.9 Å². The summed E-state index contributed by atoms with van der Waals surface area (Å²) < 4.78 is 11.8. The maximum absolute atomic E-state index is 12.9. The van der Waals surface area contributed by atoms with Crippen LogP contribution in [0, 0.1) is 37.5 Å². The lowest BCUT2D eigenvalue weighted by molar-refractivity contribution is -0.394. The summed E-state index contributed by atoms with van der Waals surface area (Å²) in [6.07, 6.45) is -0.771.